The summed E-state index contributed by atoms with van der Waals surface area (Å²) in [4.78, 5) is 17.6. The van der Waals surface area contributed by atoms with E-state index in [0.717, 1.165) is 5.56 Å². The summed E-state index contributed by atoms with van der Waals surface area (Å²) in [5.74, 6) is 1.20. The molecule has 1 N–H and O–H groups in total. The molecule has 2 aromatic rings. The SMILES string of the molecule is O=C(CCO)N1CC(c2nc(-c3ccccc3)no2)C1. The smallest absolute Gasteiger partial charge is 0.233 e. The largest absolute Gasteiger partial charge is 0.396 e. The highest BCUT2D eigenvalue weighted by molar-refractivity contribution is 5.77. The quantitative estimate of drug-likeness (QED) is 0.900. The van der Waals surface area contributed by atoms with Crippen molar-refractivity contribution in [3.8, 4) is 11.4 Å². The summed E-state index contributed by atoms with van der Waals surface area (Å²) >= 11 is 0. The van der Waals surface area contributed by atoms with Crippen molar-refractivity contribution in [1.82, 2.24) is 15.0 Å². The van der Waals surface area contributed by atoms with Gasteiger partial charge in [-0.2, -0.15) is 4.98 Å². The predicted octanol–water partition coefficient (Wildman–Crippen LogP) is 1.04. The lowest BCUT2D eigenvalue weighted by atomic mass is 10.00. The molecule has 20 heavy (non-hydrogen) atoms. The third-order valence-electron chi connectivity index (χ3n) is 3.38. The Labute approximate surface area is 116 Å². The molecule has 0 bridgehead atoms. The molecule has 0 atom stereocenters. The molecule has 1 aromatic carbocycles. The van der Waals surface area contributed by atoms with Gasteiger partial charge in [-0.25, -0.2) is 0 Å². The topological polar surface area (TPSA) is 79.5 Å². The molecule has 0 radical (unpaired) electrons. The van der Waals surface area contributed by atoms with Crippen molar-refractivity contribution in [2.24, 2.45) is 0 Å². The predicted molar refractivity (Wildman–Crippen MR) is 70.8 cm³/mol. The lowest BCUT2D eigenvalue weighted by Gasteiger charge is -2.37. The van der Waals surface area contributed by atoms with Gasteiger partial charge < -0.3 is 14.5 Å². The van der Waals surface area contributed by atoms with E-state index in [0.29, 0.717) is 24.8 Å². The molecule has 1 aliphatic heterocycles. The van der Waals surface area contributed by atoms with Gasteiger partial charge in [-0.15, -0.1) is 0 Å². The van der Waals surface area contributed by atoms with Crippen LogP contribution >= 0.6 is 0 Å². The van der Waals surface area contributed by atoms with Crippen molar-refractivity contribution in [2.45, 2.75) is 12.3 Å². The third kappa shape index (κ3) is 2.42. The Bertz CT molecular complexity index is 591. The number of carbonyl (C=O) groups is 1. The first-order valence-corrected chi connectivity index (χ1v) is 6.55. The lowest BCUT2D eigenvalue weighted by molar-refractivity contribution is -0.136. The molecular weight excluding hydrogens is 258 g/mol. The van der Waals surface area contributed by atoms with E-state index in [-0.39, 0.29) is 24.9 Å². The minimum atomic E-state index is -0.112. The van der Waals surface area contributed by atoms with Crippen LogP contribution in [0.5, 0.6) is 0 Å². The van der Waals surface area contributed by atoms with Crippen molar-refractivity contribution in [2.75, 3.05) is 19.7 Å². The summed E-state index contributed by atoms with van der Waals surface area (Å²) in [5.41, 5.74) is 0.912. The van der Waals surface area contributed by atoms with Gasteiger partial charge in [0, 0.05) is 25.1 Å². The summed E-state index contributed by atoms with van der Waals surface area (Å²) in [6, 6.07) is 9.62. The summed E-state index contributed by atoms with van der Waals surface area (Å²) < 4.78 is 5.26. The number of aliphatic hydroxyl groups is 1. The standard InChI is InChI=1S/C14H15N3O3/c18-7-6-12(19)17-8-11(9-17)14-15-13(16-20-14)10-4-2-1-3-5-10/h1-5,11,18H,6-9H2. The van der Waals surface area contributed by atoms with Crippen molar-refractivity contribution < 1.29 is 14.4 Å². The van der Waals surface area contributed by atoms with Gasteiger partial charge in [0.05, 0.1) is 12.5 Å². The molecule has 0 aliphatic carbocycles. The summed E-state index contributed by atoms with van der Waals surface area (Å²) in [6.07, 6.45) is 0.172. The Morgan fingerprint density at radius 2 is 2.10 bits per heavy atom. The van der Waals surface area contributed by atoms with Gasteiger partial charge in [0.15, 0.2) is 0 Å². The maximum atomic E-state index is 11.5. The van der Waals surface area contributed by atoms with Gasteiger partial charge in [0.1, 0.15) is 0 Å². The van der Waals surface area contributed by atoms with Crippen LogP contribution in [0.2, 0.25) is 0 Å². The van der Waals surface area contributed by atoms with Crippen LogP contribution in [0.25, 0.3) is 11.4 Å². The molecule has 1 saturated heterocycles. The molecule has 6 nitrogen and oxygen atoms in total. The summed E-state index contributed by atoms with van der Waals surface area (Å²) in [6.45, 7) is 1.04. The van der Waals surface area contributed by atoms with Crippen LogP contribution in [0, 0.1) is 0 Å². The molecule has 1 amide bonds. The van der Waals surface area contributed by atoms with Crippen molar-refractivity contribution in [3.63, 3.8) is 0 Å². The van der Waals surface area contributed by atoms with E-state index >= 15 is 0 Å². The number of aromatic nitrogens is 2. The van der Waals surface area contributed by atoms with E-state index in [2.05, 4.69) is 10.1 Å². The summed E-state index contributed by atoms with van der Waals surface area (Å²) in [5, 5.41) is 12.7. The normalized spacial score (nSPS) is 15.2. The molecular formula is C14H15N3O3. The number of amides is 1. The Balaban J connectivity index is 1.64. The number of hydrogen-bond donors (Lipinski definition) is 1. The Hall–Kier alpha value is -2.21. The van der Waals surface area contributed by atoms with Crippen molar-refractivity contribution in [1.29, 1.82) is 0 Å². The van der Waals surface area contributed by atoms with Gasteiger partial charge in [-0.1, -0.05) is 35.5 Å². The van der Waals surface area contributed by atoms with Crippen molar-refractivity contribution in [3.05, 3.63) is 36.2 Å². The lowest BCUT2D eigenvalue weighted by Crippen LogP contribution is -2.48. The van der Waals surface area contributed by atoms with E-state index < -0.39 is 0 Å². The molecule has 6 heteroatoms. The van der Waals surface area contributed by atoms with E-state index in [1.165, 1.54) is 0 Å². The first-order chi connectivity index (χ1) is 9.78. The zero-order valence-electron chi connectivity index (χ0n) is 10.9. The Morgan fingerprint density at radius 3 is 2.80 bits per heavy atom. The van der Waals surface area contributed by atoms with Crippen molar-refractivity contribution >= 4 is 5.91 Å². The fourth-order valence-corrected chi connectivity index (χ4v) is 2.20. The number of nitrogens with zero attached hydrogens (tertiary/aromatic N) is 3. The number of likely N-dealkylation sites (tertiary alicyclic amines) is 1. The molecule has 0 spiro atoms. The highest BCUT2D eigenvalue weighted by Gasteiger charge is 2.35. The molecule has 1 aliphatic rings. The van der Waals surface area contributed by atoms with Crippen LogP contribution < -0.4 is 0 Å². The molecule has 3 rings (SSSR count). The highest BCUT2D eigenvalue weighted by atomic mass is 16.5. The third-order valence-corrected chi connectivity index (χ3v) is 3.38. The number of hydrogen-bond acceptors (Lipinski definition) is 5. The second-order valence-electron chi connectivity index (χ2n) is 4.79. The van der Waals surface area contributed by atoms with Crippen LogP contribution in [0.15, 0.2) is 34.9 Å². The average molecular weight is 273 g/mol. The number of benzene rings is 1. The molecule has 0 saturated carbocycles. The van der Waals surface area contributed by atoms with E-state index in [4.69, 9.17) is 9.63 Å². The minimum absolute atomic E-state index is 0.0356. The molecule has 2 heterocycles. The van der Waals surface area contributed by atoms with E-state index in [9.17, 15) is 4.79 Å². The average Bonchev–Trinajstić information content (AvgIpc) is 2.88. The highest BCUT2D eigenvalue weighted by Crippen LogP contribution is 2.27. The van der Waals surface area contributed by atoms with E-state index in [1.807, 2.05) is 30.3 Å². The molecule has 0 unspecified atom stereocenters. The number of rotatable bonds is 4. The zero-order valence-corrected chi connectivity index (χ0v) is 10.9. The molecule has 1 fully saturated rings. The number of aliphatic hydroxyl groups excluding tert-OH is 1. The fraction of sp³-hybridized carbons (Fsp3) is 0.357. The van der Waals surface area contributed by atoms with Gasteiger partial charge in [0.25, 0.3) is 0 Å². The second kappa shape index (κ2) is 5.42. The van der Waals surface area contributed by atoms with Crippen LogP contribution in [0.1, 0.15) is 18.2 Å². The van der Waals surface area contributed by atoms with Gasteiger partial charge in [-0.05, 0) is 0 Å². The maximum absolute atomic E-state index is 11.5. The first-order valence-electron chi connectivity index (χ1n) is 6.55. The van der Waals surface area contributed by atoms with Crippen LogP contribution in [-0.2, 0) is 4.79 Å². The first kappa shape index (κ1) is 12.8. The summed E-state index contributed by atoms with van der Waals surface area (Å²) in [7, 11) is 0. The molecule has 1 aromatic heterocycles. The van der Waals surface area contributed by atoms with Crippen LogP contribution in [0.4, 0.5) is 0 Å². The van der Waals surface area contributed by atoms with Gasteiger partial charge in [-0.3, -0.25) is 4.79 Å². The zero-order chi connectivity index (χ0) is 13.9. The second-order valence-corrected chi connectivity index (χ2v) is 4.79. The Kier molecular flexibility index (Phi) is 3.47. The maximum Gasteiger partial charge on any atom is 0.233 e. The van der Waals surface area contributed by atoms with E-state index in [1.54, 1.807) is 4.90 Å². The number of carbonyl (C=O) groups excluding carboxylic acids is 1. The monoisotopic (exact) mass is 273 g/mol. The Morgan fingerprint density at radius 1 is 1.35 bits per heavy atom. The van der Waals surface area contributed by atoms with Gasteiger partial charge >= 0.3 is 0 Å². The fourth-order valence-electron chi connectivity index (χ4n) is 2.20. The minimum Gasteiger partial charge on any atom is -0.396 e. The van der Waals surface area contributed by atoms with Crippen LogP contribution in [-0.4, -0.2) is 45.8 Å². The van der Waals surface area contributed by atoms with Gasteiger partial charge in [0.2, 0.25) is 17.6 Å². The molecule has 104 valence electrons. The van der Waals surface area contributed by atoms with Crippen LogP contribution in [0.3, 0.4) is 0 Å².